The van der Waals surface area contributed by atoms with Gasteiger partial charge >= 0.3 is 6.18 Å². The molecule has 0 aliphatic carbocycles. The number of hydrogen-bond donors (Lipinski definition) is 1. The zero-order chi connectivity index (χ0) is 32.6. The number of nitrogens with zero attached hydrogens (tertiary/aromatic N) is 2. The highest BCUT2D eigenvalue weighted by Gasteiger charge is 2.29. The summed E-state index contributed by atoms with van der Waals surface area (Å²) in [5.41, 5.74) is 2.97. The van der Waals surface area contributed by atoms with Crippen molar-refractivity contribution in [3.8, 4) is 5.75 Å². The summed E-state index contributed by atoms with van der Waals surface area (Å²) in [5.74, 6) is -1.83. The van der Waals surface area contributed by atoms with E-state index in [4.69, 9.17) is 0 Å². The largest absolute Gasteiger partial charge is 0.508 e. The maximum atomic E-state index is 14.0. The molecule has 0 aliphatic heterocycles. The van der Waals surface area contributed by atoms with Crippen LogP contribution in [0.4, 0.5) is 22.0 Å². The van der Waals surface area contributed by atoms with Crippen LogP contribution in [0.5, 0.6) is 5.75 Å². The Bertz CT molecular complexity index is 1290. The molecule has 0 aromatic heterocycles. The van der Waals surface area contributed by atoms with Gasteiger partial charge in [0.25, 0.3) is 0 Å². The van der Waals surface area contributed by atoms with Gasteiger partial charge in [-0.3, -0.25) is 4.99 Å². The highest BCUT2D eigenvalue weighted by atomic mass is 19.4. The molecule has 2 aromatic rings. The highest BCUT2D eigenvalue weighted by molar-refractivity contribution is 5.95. The van der Waals surface area contributed by atoms with Gasteiger partial charge in [0, 0.05) is 24.4 Å². The zero-order valence-electron chi connectivity index (χ0n) is 26.3. The van der Waals surface area contributed by atoms with Crippen molar-refractivity contribution in [2.45, 2.75) is 81.5 Å². The second-order valence-electron chi connectivity index (χ2n) is 9.05. The first-order valence-corrected chi connectivity index (χ1v) is 14.1. The minimum Gasteiger partial charge on any atom is -0.508 e. The summed E-state index contributed by atoms with van der Waals surface area (Å²) in [6, 6.07) is 8.89. The third-order valence-corrected chi connectivity index (χ3v) is 5.92. The molecule has 232 valence electrons. The number of rotatable bonds is 10. The average molecular weight is 593 g/mol. The lowest BCUT2D eigenvalue weighted by Crippen LogP contribution is -2.24. The van der Waals surface area contributed by atoms with E-state index >= 15 is 0 Å². The Kier molecular flexibility index (Phi) is 17.1. The molecule has 0 unspecified atom stereocenters. The Labute approximate surface area is 248 Å². The van der Waals surface area contributed by atoms with Crippen LogP contribution >= 0.6 is 0 Å². The zero-order valence-corrected chi connectivity index (χ0v) is 26.3. The smallest absolute Gasteiger partial charge is 0.412 e. The van der Waals surface area contributed by atoms with Gasteiger partial charge in [-0.15, -0.1) is 0 Å². The summed E-state index contributed by atoms with van der Waals surface area (Å²) in [6.07, 6.45) is -0.0226. The second-order valence-corrected chi connectivity index (χ2v) is 9.05. The molecule has 8 heteroatoms. The summed E-state index contributed by atoms with van der Waals surface area (Å²) in [7, 11) is 0. The van der Waals surface area contributed by atoms with Crippen LogP contribution in [0.3, 0.4) is 0 Å². The van der Waals surface area contributed by atoms with Crippen LogP contribution in [0.1, 0.15) is 78.5 Å². The maximum absolute atomic E-state index is 14.0. The lowest BCUT2D eigenvalue weighted by molar-refractivity contribution is -0.0913. The molecular formula is C34H45F5N2O. The molecule has 2 rings (SSSR count). The van der Waals surface area contributed by atoms with Crippen LogP contribution in [-0.4, -0.2) is 28.4 Å². The minimum atomic E-state index is -4.43. The van der Waals surface area contributed by atoms with Gasteiger partial charge in [0.15, 0.2) is 11.6 Å². The first-order valence-electron chi connectivity index (χ1n) is 14.1. The van der Waals surface area contributed by atoms with Crippen LogP contribution in [0.25, 0.3) is 5.57 Å². The first kappa shape index (κ1) is 38.3. The molecule has 0 atom stereocenters. The fourth-order valence-electron chi connectivity index (χ4n) is 3.57. The van der Waals surface area contributed by atoms with Gasteiger partial charge in [-0.05, 0) is 80.7 Å². The van der Waals surface area contributed by atoms with E-state index in [9.17, 15) is 27.1 Å². The van der Waals surface area contributed by atoms with Crippen molar-refractivity contribution >= 4 is 11.3 Å². The van der Waals surface area contributed by atoms with Crippen LogP contribution < -0.4 is 0 Å². The van der Waals surface area contributed by atoms with E-state index in [0.29, 0.717) is 41.3 Å². The van der Waals surface area contributed by atoms with Crippen LogP contribution in [0.15, 0.2) is 83.2 Å². The van der Waals surface area contributed by atoms with Crippen molar-refractivity contribution in [1.82, 2.24) is 4.90 Å². The standard InChI is InChI=1S/C30H33F5N2O.2C2H6/c1-7-15-37(18-24-12-11-19(2)28(38)16-24)23(6)29(22(5)25-13-14-26(31)27(32)17-25)36-21(4)10-8-9-20(3)30(33,34)35;2*1-2/h8-14,16-17,38H,6-7,15,18H2,1-5H3;2*1-2H3/b10-8-,20-9+,29-22+,36-21+;;. The number of alkyl halides is 3. The molecule has 0 saturated heterocycles. The molecule has 42 heavy (non-hydrogen) atoms. The van der Waals surface area contributed by atoms with Gasteiger partial charge < -0.3 is 10.0 Å². The topological polar surface area (TPSA) is 35.8 Å². The molecule has 1 N–H and O–H groups in total. The molecule has 0 spiro atoms. The normalized spacial score (nSPS) is 12.6. The van der Waals surface area contributed by atoms with Crippen molar-refractivity contribution < 1.29 is 27.1 Å². The third-order valence-electron chi connectivity index (χ3n) is 5.92. The van der Waals surface area contributed by atoms with E-state index in [0.717, 1.165) is 42.7 Å². The van der Waals surface area contributed by atoms with Crippen molar-refractivity contribution in [2.75, 3.05) is 6.54 Å². The number of hydrogen-bond acceptors (Lipinski definition) is 3. The van der Waals surface area contributed by atoms with Crippen molar-refractivity contribution in [2.24, 2.45) is 4.99 Å². The van der Waals surface area contributed by atoms with Gasteiger partial charge in [-0.1, -0.05) is 71.5 Å². The Morgan fingerprint density at radius 1 is 0.976 bits per heavy atom. The number of aliphatic imine (C=N–C) groups is 1. The van der Waals surface area contributed by atoms with Gasteiger partial charge in [-0.2, -0.15) is 13.2 Å². The molecule has 0 fully saturated rings. The number of aryl methyl sites for hydroxylation is 1. The average Bonchev–Trinajstić information content (AvgIpc) is 2.95. The van der Waals surface area contributed by atoms with E-state index in [1.807, 2.05) is 51.7 Å². The van der Waals surface area contributed by atoms with Crippen LogP contribution in [-0.2, 0) is 6.54 Å². The molecular weight excluding hydrogens is 547 g/mol. The van der Waals surface area contributed by atoms with E-state index in [2.05, 4.69) is 11.6 Å². The maximum Gasteiger partial charge on any atom is 0.412 e. The van der Waals surface area contributed by atoms with Gasteiger partial charge in [0.05, 0.1) is 11.4 Å². The lowest BCUT2D eigenvalue weighted by atomic mass is 10.0. The lowest BCUT2D eigenvalue weighted by Gasteiger charge is -2.28. The fraction of sp³-hybridized carbons (Fsp3) is 0.382. The van der Waals surface area contributed by atoms with Gasteiger partial charge in [-0.25, -0.2) is 8.78 Å². The van der Waals surface area contributed by atoms with Crippen LogP contribution in [0, 0.1) is 18.6 Å². The summed E-state index contributed by atoms with van der Waals surface area (Å²) >= 11 is 0. The summed E-state index contributed by atoms with van der Waals surface area (Å²) in [6.45, 7) is 21.3. The number of aromatic hydroxyl groups is 1. The summed E-state index contributed by atoms with van der Waals surface area (Å²) < 4.78 is 66.0. The number of phenols is 1. The molecule has 2 aromatic carbocycles. The van der Waals surface area contributed by atoms with Crippen molar-refractivity contribution in [3.63, 3.8) is 0 Å². The van der Waals surface area contributed by atoms with E-state index in [-0.39, 0.29) is 5.75 Å². The number of phenolic OH excluding ortho intramolecular Hbond substituents is 1. The SMILES string of the molecule is C=C(C(/N=C(C)/C=C\C=C(/C)C(F)(F)F)=C(/C)c1ccc(F)c(F)c1)N(CCC)Cc1ccc(C)c(O)c1.CC.CC. The minimum absolute atomic E-state index is 0.166. The monoisotopic (exact) mass is 592 g/mol. The quantitative estimate of drug-likeness (QED) is 0.169. The second kappa shape index (κ2) is 18.7. The molecule has 0 saturated carbocycles. The first-order chi connectivity index (χ1) is 19.7. The predicted octanol–water partition coefficient (Wildman–Crippen LogP) is 10.7. The molecule has 0 heterocycles. The Balaban J connectivity index is 0.00000402. The van der Waals surface area contributed by atoms with E-state index in [1.54, 1.807) is 26.8 Å². The van der Waals surface area contributed by atoms with E-state index < -0.39 is 23.4 Å². The van der Waals surface area contributed by atoms with Crippen molar-refractivity contribution in [3.05, 3.63) is 106 Å². The molecule has 0 radical (unpaired) electrons. The molecule has 0 aliphatic rings. The van der Waals surface area contributed by atoms with Crippen molar-refractivity contribution in [1.29, 1.82) is 0 Å². The Hall–Kier alpha value is -3.68. The molecule has 0 amide bonds. The Morgan fingerprint density at radius 3 is 2.12 bits per heavy atom. The van der Waals surface area contributed by atoms with Crippen LogP contribution in [0.2, 0.25) is 0 Å². The van der Waals surface area contributed by atoms with E-state index in [1.165, 1.54) is 18.2 Å². The number of allylic oxidation sites excluding steroid dienone is 5. The molecule has 3 nitrogen and oxygen atoms in total. The summed E-state index contributed by atoms with van der Waals surface area (Å²) in [4.78, 5) is 6.59. The molecule has 0 bridgehead atoms. The van der Waals surface area contributed by atoms with Gasteiger partial charge in [0.1, 0.15) is 5.75 Å². The highest BCUT2D eigenvalue weighted by Crippen LogP contribution is 2.29. The number of benzene rings is 2. The fourth-order valence-corrected chi connectivity index (χ4v) is 3.57. The summed E-state index contributed by atoms with van der Waals surface area (Å²) in [5, 5.41) is 10.1. The number of halogens is 5. The predicted molar refractivity (Wildman–Crippen MR) is 166 cm³/mol. The third kappa shape index (κ3) is 12.0. The van der Waals surface area contributed by atoms with Gasteiger partial charge in [0.2, 0.25) is 0 Å². The Morgan fingerprint density at radius 2 is 1.60 bits per heavy atom.